The Morgan fingerprint density at radius 3 is 2.67 bits per heavy atom. The van der Waals surface area contributed by atoms with Crippen LogP contribution in [0, 0.1) is 22.9 Å². The van der Waals surface area contributed by atoms with Crippen LogP contribution in [0.3, 0.4) is 0 Å². The lowest BCUT2D eigenvalue weighted by molar-refractivity contribution is 0.297. The molecule has 2 aromatic rings. The molecular formula is C14H19FN2S. The number of hydrogen-bond acceptors (Lipinski definition) is 1. The van der Waals surface area contributed by atoms with Gasteiger partial charge in [-0.1, -0.05) is 20.8 Å². The monoisotopic (exact) mass is 266 g/mol. The summed E-state index contributed by atoms with van der Waals surface area (Å²) in [5, 5.41) is 0. The maximum atomic E-state index is 13.5. The average Bonchev–Trinajstić information content (AvgIpc) is 2.57. The van der Waals surface area contributed by atoms with Gasteiger partial charge in [0, 0.05) is 6.54 Å². The lowest BCUT2D eigenvalue weighted by Gasteiger charge is -2.23. The number of nitrogens with one attached hydrogen (secondary N) is 1. The minimum Gasteiger partial charge on any atom is -0.330 e. The van der Waals surface area contributed by atoms with Crippen molar-refractivity contribution in [1.82, 2.24) is 9.55 Å². The highest BCUT2D eigenvalue weighted by molar-refractivity contribution is 7.71. The second-order valence-corrected chi connectivity index (χ2v) is 6.04. The number of benzene rings is 1. The molecule has 0 amide bonds. The van der Waals surface area contributed by atoms with Crippen molar-refractivity contribution in [3.05, 3.63) is 28.3 Å². The van der Waals surface area contributed by atoms with Crippen molar-refractivity contribution in [3.63, 3.8) is 0 Å². The molecule has 0 aliphatic rings. The third-order valence-electron chi connectivity index (χ3n) is 3.60. The van der Waals surface area contributed by atoms with Gasteiger partial charge in [-0.25, -0.2) is 4.39 Å². The zero-order valence-corrected chi connectivity index (χ0v) is 12.1. The van der Waals surface area contributed by atoms with Crippen LogP contribution in [0.4, 0.5) is 4.39 Å². The summed E-state index contributed by atoms with van der Waals surface area (Å²) in [4.78, 5) is 3.08. The maximum Gasteiger partial charge on any atom is 0.178 e. The van der Waals surface area contributed by atoms with Gasteiger partial charge in [-0.15, -0.1) is 0 Å². The Balaban J connectivity index is 2.60. The normalized spacial score (nSPS) is 12.3. The molecule has 0 atom stereocenters. The van der Waals surface area contributed by atoms with E-state index in [1.54, 1.807) is 6.92 Å². The van der Waals surface area contributed by atoms with Gasteiger partial charge in [0.05, 0.1) is 11.0 Å². The molecule has 1 aromatic carbocycles. The smallest absolute Gasteiger partial charge is 0.178 e. The molecule has 0 spiro atoms. The van der Waals surface area contributed by atoms with E-state index in [1.807, 2.05) is 6.07 Å². The van der Waals surface area contributed by atoms with Crippen molar-refractivity contribution in [2.24, 2.45) is 5.41 Å². The van der Waals surface area contributed by atoms with E-state index in [0.717, 1.165) is 24.0 Å². The molecule has 2 nitrogen and oxygen atoms in total. The van der Waals surface area contributed by atoms with Crippen molar-refractivity contribution < 1.29 is 4.39 Å². The molecule has 0 aliphatic carbocycles. The number of H-pyrrole nitrogens is 1. The van der Waals surface area contributed by atoms with Gasteiger partial charge in [0.15, 0.2) is 4.77 Å². The molecule has 0 saturated carbocycles. The quantitative estimate of drug-likeness (QED) is 0.806. The van der Waals surface area contributed by atoms with Crippen molar-refractivity contribution in [2.75, 3.05) is 0 Å². The number of rotatable bonds is 3. The summed E-state index contributed by atoms with van der Waals surface area (Å²) < 4.78 is 16.3. The Morgan fingerprint density at radius 2 is 2.06 bits per heavy atom. The molecule has 98 valence electrons. The molecule has 0 bridgehead atoms. The van der Waals surface area contributed by atoms with E-state index in [1.165, 1.54) is 6.07 Å². The number of imidazole rings is 1. The molecule has 0 radical (unpaired) electrons. The first-order valence-electron chi connectivity index (χ1n) is 6.23. The number of aromatic amines is 1. The van der Waals surface area contributed by atoms with Crippen molar-refractivity contribution in [3.8, 4) is 0 Å². The second kappa shape index (κ2) is 4.50. The third-order valence-corrected chi connectivity index (χ3v) is 3.92. The van der Waals surface area contributed by atoms with Crippen molar-refractivity contribution >= 4 is 23.3 Å². The van der Waals surface area contributed by atoms with Gasteiger partial charge in [-0.3, -0.25) is 0 Å². The third kappa shape index (κ3) is 2.34. The summed E-state index contributed by atoms with van der Waals surface area (Å²) in [7, 11) is 0. The highest BCUT2D eigenvalue weighted by atomic mass is 32.1. The average molecular weight is 266 g/mol. The van der Waals surface area contributed by atoms with E-state index in [0.29, 0.717) is 10.3 Å². The summed E-state index contributed by atoms with van der Waals surface area (Å²) in [5.74, 6) is -0.194. The topological polar surface area (TPSA) is 20.7 Å². The zero-order chi connectivity index (χ0) is 13.5. The molecule has 0 fully saturated rings. The van der Waals surface area contributed by atoms with Crippen LogP contribution in [0.25, 0.3) is 11.0 Å². The van der Waals surface area contributed by atoms with E-state index in [2.05, 4.69) is 30.3 Å². The summed E-state index contributed by atoms with van der Waals surface area (Å²) in [6.45, 7) is 9.21. The number of hydrogen-bond donors (Lipinski definition) is 1. The van der Waals surface area contributed by atoms with Crippen LogP contribution in [-0.4, -0.2) is 9.55 Å². The van der Waals surface area contributed by atoms with E-state index >= 15 is 0 Å². The number of nitrogens with zero attached hydrogens (tertiary/aromatic N) is 1. The summed E-state index contributed by atoms with van der Waals surface area (Å²) in [6.07, 6.45) is 1.07. The predicted octanol–water partition coefficient (Wildman–Crippen LogP) is 4.58. The predicted molar refractivity (Wildman–Crippen MR) is 75.9 cm³/mol. The van der Waals surface area contributed by atoms with Crippen LogP contribution >= 0.6 is 12.2 Å². The van der Waals surface area contributed by atoms with E-state index in [9.17, 15) is 4.39 Å². The second-order valence-electron chi connectivity index (χ2n) is 5.65. The van der Waals surface area contributed by atoms with E-state index < -0.39 is 0 Å². The molecule has 18 heavy (non-hydrogen) atoms. The van der Waals surface area contributed by atoms with E-state index in [-0.39, 0.29) is 11.2 Å². The zero-order valence-electron chi connectivity index (χ0n) is 11.3. The van der Waals surface area contributed by atoms with Gasteiger partial charge in [-0.05, 0) is 48.7 Å². The first-order valence-corrected chi connectivity index (χ1v) is 6.63. The van der Waals surface area contributed by atoms with Crippen LogP contribution < -0.4 is 0 Å². The van der Waals surface area contributed by atoms with Gasteiger partial charge < -0.3 is 9.55 Å². The van der Waals surface area contributed by atoms with Gasteiger partial charge >= 0.3 is 0 Å². The highest BCUT2D eigenvalue weighted by Crippen LogP contribution is 2.26. The molecule has 2 rings (SSSR count). The Hall–Kier alpha value is -1.16. The van der Waals surface area contributed by atoms with Crippen LogP contribution in [-0.2, 0) is 6.54 Å². The number of aromatic nitrogens is 2. The standard InChI is InChI=1S/C14H19FN2S/c1-5-14(3,4)8-17-12-6-9(2)10(15)7-11(12)16-13(17)18/h6-7H,5,8H2,1-4H3,(H,16,18). The molecule has 4 heteroatoms. The van der Waals surface area contributed by atoms with Gasteiger partial charge in [0.1, 0.15) is 5.82 Å². The Labute approximate surface area is 112 Å². The lowest BCUT2D eigenvalue weighted by Crippen LogP contribution is -2.18. The fourth-order valence-corrected chi connectivity index (χ4v) is 2.25. The Morgan fingerprint density at radius 1 is 1.39 bits per heavy atom. The van der Waals surface area contributed by atoms with E-state index in [4.69, 9.17) is 12.2 Å². The number of fused-ring (bicyclic) bond motifs is 1. The Bertz CT molecular complexity index is 637. The van der Waals surface area contributed by atoms with Crippen molar-refractivity contribution in [2.45, 2.75) is 40.7 Å². The van der Waals surface area contributed by atoms with Gasteiger partial charge in [-0.2, -0.15) is 0 Å². The van der Waals surface area contributed by atoms with Crippen LogP contribution in [0.1, 0.15) is 32.8 Å². The van der Waals surface area contributed by atoms with Crippen LogP contribution in [0.5, 0.6) is 0 Å². The summed E-state index contributed by atoms with van der Waals surface area (Å²) in [6, 6.07) is 3.39. The molecule has 0 unspecified atom stereocenters. The largest absolute Gasteiger partial charge is 0.330 e. The number of halogens is 1. The summed E-state index contributed by atoms with van der Waals surface area (Å²) >= 11 is 5.34. The SMILES string of the molecule is CCC(C)(C)Cn1c(=S)[nH]c2cc(F)c(C)cc21. The van der Waals surface area contributed by atoms with Crippen LogP contribution in [0.15, 0.2) is 12.1 Å². The fourth-order valence-electron chi connectivity index (χ4n) is 1.98. The van der Waals surface area contributed by atoms with Crippen LogP contribution in [0.2, 0.25) is 0 Å². The van der Waals surface area contributed by atoms with Gasteiger partial charge in [0.2, 0.25) is 0 Å². The summed E-state index contributed by atoms with van der Waals surface area (Å²) in [5.41, 5.74) is 2.59. The molecule has 1 aromatic heterocycles. The fraction of sp³-hybridized carbons (Fsp3) is 0.500. The van der Waals surface area contributed by atoms with Crippen molar-refractivity contribution in [1.29, 1.82) is 0 Å². The minimum absolute atomic E-state index is 0.176. The lowest BCUT2D eigenvalue weighted by atomic mass is 9.90. The number of aryl methyl sites for hydroxylation is 1. The maximum absolute atomic E-state index is 13.5. The first kappa shape index (κ1) is 13.3. The minimum atomic E-state index is -0.194. The highest BCUT2D eigenvalue weighted by Gasteiger charge is 2.18. The Kier molecular flexibility index (Phi) is 3.32. The molecule has 1 N–H and O–H groups in total. The first-order chi connectivity index (χ1) is 8.34. The van der Waals surface area contributed by atoms with Gasteiger partial charge in [0.25, 0.3) is 0 Å². The molecule has 1 heterocycles. The molecule has 0 aliphatic heterocycles. The molecule has 0 saturated heterocycles. The molecular weight excluding hydrogens is 247 g/mol.